The van der Waals surface area contributed by atoms with E-state index in [1.165, 1.54) is 11.1 Å². The monoisotopic (exact) mass is 282 g/mol. The third-order valence-electron chi connectivity index (χ3n) is 3.37. The largest absolute Gasteiger partial charge is 0.308 e. The van der Waals surface area contributed by atoms with Crippen molar-refractivity contribution in [1.29, 1.82) is 0 Å². The summed E-state index contributed by atoms with van der Waals surface area (Å²) in [4.78, 5) is 10.8. The Balaban J connectivity index is 0.000000161. The highest BCUT2D eigenvalue weighted by atomic mass is 16.1. The summed E-state index contributed by atoms with van der Waals surface area (Å²) >= 11 is 0. The molecule has 1 heterocycles. The van der Waals surface area contributed by atoms with E-state index in [0.29, 0.717) is 6.54 Å². The number of ketones is 1. The maximum Gasteiger partial charge on any atom is 0.164 e. The molecule has 2 aromatic rings. The first kappa shape index (κ1) is 15.4. The van der Waals surface area contributed by atoms with Gasteiger partial charge in [0.25, 0.3) is 0 Å². The van der Waals surface area contributed by atoms with Crippen molar-refractivity contribution in [2.24, 2.45) is 0 Å². The summed E-state index contributed by atoms with van der Waals surface area (Å²) < 4.78 is 0. The van der Waals surface area contributed by atoms with Crippen LogP contribution in [-0.4, -0.2) is 31.5 Å². The molecule has 3 nitrogen and oxygen atoms in total. The lowest BCUT2D eigenvalue weighted by atomic mass is 10.1. The lowest BCUT2D eigenvalue weighted by molar-refractivity contribution is -0.117. The zero-order chi connectivity index (χ0) is 14.9. The number of benzene rings is 2. The van der Waals surface area contributed by atoms with Crippen LogP contribution in [0, 0.1) is 0 Å². The Morgan fingerprint density at radius 3 is 1.90 bits per heavy atom. The van der Waals surface area contributed by atoms with Crippen LogP contribution < -0.4 is 10.6 Å². The third-order valence-corrected chi connectivity index (χ3v) is 3.37. The molecule has 2 N–H and O–H groups in total. The Labute approximate surface area is 126 Å². The van der Waals surface area contributed by atoms with E-state index in [0.717, 1.165) is 13.1 Å². The third kappa shape index (κ3) is 4.81. The fraction of sp³-hybridized carbons (Fsp3) is 0.278. The first-order valence-corrected chi connectivity index (χ1v) is 7.38. The van der Waals surface area contributed by atoms with Crippen molar-refractivity contribution in [1.82, 2.24) is 10.6 Å². The predicted octanol–water partition coefficient (Wildman–Crippen LogP) is 2.49. The summed E-state index contributed by atoms with van der Waals surface area (Å²) in [5, 5.41) is 6.08. The Bertz CT molecular complexity index is 502. The van der Waals surface area contributed by atoms with E-state index >= 15 is 0 Å². The van der Waals surface area contributed by atoms with Crippen LogP contribution in [0.1, 0.15) is 6.92 Å². The van der Waals surface area contributed by atoms with Crippen molar-refractivity contribution in [2.45, 2.75) is 13.0 Å². The lowest BCUT2D eigenvalue weighted by Gasteiger charge is -2.05. The van der Waals surface area contributed by atoms with E-state index in [2.05, 4.69) is 59.2 Å². The molecule has 1 aliphatic heterocycles. The van der Waals surface area contributed by atoms with Gasteiger partial charge in [-0.2, -0.15) is 0 Å². The molecule has 1 fully saturated rings. The Hall–Kier alpha value is -1.97. The number of Topliss-reactive ketones (excluding diaryl/α,β-unsaturated/α-hetero) is 1. The molecule has 1 atom stereocenters. The summed E-state index contributed by atoms with van der Waals surface area (Å²) in [5.74, 6) is 0.289. The number of nitrogens with one attached hydrogen (secondary N) is 2. The van der Waals surface area contributed by atoms with Gasteiger partial charge in [-0.3, -0.25) is 4.79 Å². The molecule has 0 bridgehead atoms. The zero-order valence-corrected chi connectivity index (χ0v) is 12.4. The first-order valence-electron chi connectivity index (χ1n) is 7.38. The van der Waals surface area contributed by atoms with Crippen LogP contribution in [0.25, 0.3) is 11.1 Å². The van der Waals surface area contributed by atoms with E-state index in [4.69, 9.17) is 0 Å². The second kappa shape index (κ2) is 8.35. The SMILES string of the molecule is CCNC1CNCC1=O.c1ccc(-c2ccccc2)cc1. The van der Waals surface area contributed by atoms with Gasteiger partial charge in [-0.25, -0.2) is 0 Å². The molecular formula is C18H22N2O. The minimum absolute atomic E-state index is 0.0787. The molecule has 0 aromatic heterocycles. The minimum Gasteiger partial charge on any atom is -0.308 e. The highest BCUT2D eigenvalue weighted by Gasteiger charge is 2.21. The molecular weight excluding hydrogens is 260 g/mol. The highest BCUT2D eigenvalue weighted by Crippen LogP contribution is 2.17. The van der Waals surface area contributed by atoms with Crippen LogP contribution in [0.15, 0.2) is 60.7 Å². The maximum atomic E-state index is 10.8. The van der Waals surface area contributed by atoms with Crippen LogP contribution in [-0.2, 0) is 4.79 Å². The smallest absolute Gasteiger partial charge is 0.164 e. The van der Waals surface area contributed by atoms with E-state index < -0.39 is 0 Å². The van der Waals surface area contributed by atoms with Crippen molar-refractivity contribution in [3.63, 3.8) is 0 Å². The van der Waals surface area contributed by atoms with Crippen molar-refractivity contribution < 1.29 is 4.79 Å². The molecule has 0 saturated carbocycles. The summed E-state index contributed by atoms with van der Waals surface area (Å²) in [6.07, 6.45) is 0. The standard InChI is InChI=1S/C12H10.C6H12N2O/c1-3-7-11(8-4-1)12-9-5-2-6-10-12;1-2-8-5-3-7-4-6(5)9/h1-10H;5,7-8H,2-4H2,1H3. The van der Waals surface area contributed by atoms with Crippen molar-refractivity contribution >= 4 is 5.78 Å². The molecule has 0 spiro atoms. The summed E-state index contributed by atoms with van der Waals surface area (Å²) in [6.45, 7) is 4.22. The van der Waals surface area contributed by atoms with Gasteiger partial charge in [0, 0.05) is 6.54 Å². The molecule has 1 aliphatic rings. The Morgan fingerprint density at radius 1 is 1.00 bits per heavy atom. The first-order chi connectivity index (χ1) is 10.3. The summed E-state index contributed by atoms with van der Waals surface area (Å²) in [7, 11) is 0. The molecule has 3 rings (SSSR count). The van der Waals surface area contributed by atoms with Crippen LogP contribution in [0.4, 0.5) is 0 Å². The molecule has 0 radical (unpaired) electrons. The predicted molar refractivity (Wildman–Crippen MR) is 87.2 cm³/mol. The van der Waals surface area contributed by atoms with Gasteiger partial charge in [0.15, 0.2) is 5.78 Å². The molecule has 110 valence electrons. The number of hydrogen-bond acceptors (Lipinski definition) is 3. The number of rotatable bonds is 3. The second-order valence-electron chi connectivity index (χ2n) is 4.94. The topological polar surface area (TPSA) is 41.1 Å². The molecule has 2 aromatic carbocycles. The maximum absolute atomic E-state index is 10.8. The molecule has 3 heteroatoms. The summed E-state index contributed by atoms with van der Waals surface area (Å²) in [6, 6.07) is 20.9. The Kier molecular flexibility index (Phi) is 6.13. The second-order valence-corrected chi connectivity index (χ2v) is 4.94. The van der Waals surface area contributed by atoms with Gasteiger partial charge < -0.3 is 10.6 Å². The van der Waals surface area contributed by atoms with Gasteiger partial charge >= 0.3 is 0 Å². The van der Waals surface area contributed by atoms with Gasteiger partial charge in [-0.15, -0.1) is 0 Å². The normalized spacial score (nSPS) is 17.2. The number of hydrogen-bond donors (Lipinski definition) is 2. The van der Waals surface area contributed by atoms with Crippen LogP contribution in [0.2, 0.25) is 0 Å². The van der Waals surface area contributed by atoms with Crippen LogP contribution >= 0.6 is 0 Å². The lowest BCUT2D eigenvalue weighted by Crippen LogP contribution is -2.35. The van der Waals surface area contributed by atoms with Gasteiger partial charge in [0.2, 0.25) is 0 Å². The fourth-order valence-electron chi connectivity index (χ4n) is 2.27. The molecule has 0 aliphatic carbocycles. The van der Waals surface area contributed by atoms with E-state index in [1.807, 2.05) is 19.1 Å². The van der Waals surface area contributed by atoms with Crippen molar-refractivity contribution in [3.05, 3.63) is 60.7 Å². The van der Waals surface area contributed by atoms with E-state index in [-0.39, 0.29) is 11.8 Å². The van der Waals surface area contributed by atoms with Gasteiger partial charge in [-0.05, 0) is 17.7 Å². The van der Waals surface area contributed by atoms with Crippen molar-refractivity contribution in [2.75, 3.05) is 19.6 Å². The fourth-order valence-corrected chi connectivity index (χ4v) is 2.27. The molecule has 0 amide bonds. The van der Waals surface area contributed by atoms with Gasteiger partial charge in [-0.1, -0.05) is 67.6 Å². The van der Waals surface area contributed by atoms with Gasteiger partial charge in [0.05, 0.1) is 12.6 Å². The number of likely N-dealkylation sites (N-methyl/N-ethyl adjacent to an activating group) is 1. The van der Waals surface area contributed by atoms with E-state index in [1.54, 1.807) is 0 Å². The number of carbonyl (C=O) groups is 1. The summed E-state index contributed by atoms with van der Waals surface area (Å²) in [5.41, 5.74) is 2.55. The average molecular weight is 282 g/mol. The molecule has 21 heavy (non-hydrogen) atoms. The molecule has 1 saturated heterocycles. The number of carbonyl (C=O) groups excluding carboxylic acids is 1. The average Bonchev–Trinajstić information content (AvgIpc) is 2.95. The van der Waals surface area contributed by atoms with Crippen molar-refractivity contribution in [3.8, 4) is 11.1 Å². The van der Waals surface area contributed by atoms with Gasteiger partial charge in [0.1, 0.15) is 0 Å². The van der Waals surface area contributed by atoms with Crippen LogP contribution in [0.3, 0.4) is 0 Å². The Morgan fingerprint density at radius 2 is 1.52 bits per heavy atom. The zero-order valence-electron chi connectivity index (χ0n) is 12.4. The minimum atomic E-state index is 0.0787. The molecule has 1 unspecified atom stereocenters. The highest BCUT2D eigenvalue weighted by molar-refractivity contribution is 5.88. The quantitative estimate of drug-likeness (QED) is 0.909. The van der Waals surface area contributed by atoms with E-state index in [9.17, 15) is 4.79 Å². The van der Waals surface area contributed by atoms with Crippen LogP contribution in [0.5, 0.6) is 0 Å².